The summed E-state index contributed by atoms with van der Waals surface area (Å²) in [5, 5.41) is 17.2. The molecule has 2 atom stereocenters. The minimum Gasteiger partial charge on any atom is -0.384 e. The van der Waals surface area contributed by atoms with E-state index in [1.165, 1.54) is 0 Å². The zero-order valence-corrected chi connectivity index (χ0v) is 24.7. The number of nitrogens with two attached hydrogens (primary N) is 1. The molecule has 1 saturated heterocycles. The van der Waals surface area contributed by atoms with Crippen LogP contribution in [0.2, 0.25) is 0 Å². The second-order valence-electron chi connectivity index (χ2n) is 11.9. The SMILES string of the molecule is CN(Cc1ccccc1)C(=O)C(Cc1ccc(C(=N)N)cc1)C(=O)N[C@H](C(=O)NCC1CCNCC1)C1CCCCC1. The number of carbonyl (C=O) groups excluding carboxylic acids is 3. The fraction of sp³-hybridized carbons (Fsp3) is 0.515. The van der Waals surface area contributed by atoms with Crippen molar-refractivity contribution in [3.8, 4) is 0 Å². The van der Waals surface area contributed by atoms with Crippen LogP contribution in [0, 0.1) is 23.2 Å². The van der Waals surface area contributed by atoms with E-state index in [0.29, 0.717) is 24.6 Å². The van der Waals surface area contributed by atoms with Crippen LogP contribution in [0.4, 0.5) is 0 Å². The van der Waals surface area contributed by atoms with Crippen molar-refractivity contribution in [1.29, 1.82) is 5.41 Å². The fourth-order valence-corrected chi connectivity index (χ4v) is 6.11. The standard InChI is InChI=1S/C33H46N6O3/c1-39(22-25-8-4-2-5-9-25)33(42)28(20-23-12-14-27(15-13-23)30(34)35)31(40)38-29(26-10-6-3-7-11-26)32(41)37-21-24-16-18-36-19-17-24/h2,4-5,8-9,12-15,24,26,28-29,36H,3,6-7,10-11,16-22H2,1H3,(H3,34,35)(H,37,41)(H,38,40)/t28?,29-/m0/s1. The summed E-state index contributed by atoms with van der Waals surface area (Å²) in [6, 6.07) is 16.0. The number of nitrogens with zero attached hydrogens (tertiary/aromatic N) is 1. The van der Waals surface area contributed by atoms with Crippen LogP contribution in [0.15, 0.2) is 54.6 Å². The lowest BCUT2D eigenvalue weighted by atomic mass is 9.83. The lowest BCUT2D eigenvalue weighted by Gasteiger charge is -2.32. The summed E-state index contributed by atoms with van der Waals surface area (Å²) < 4.78 is 0. The predicted molar refractivity (Wildman–Crippen MR) is 165 cm³/mol. The van der Waals surface area contributed by atoms with E-state index in [2.05, 4.69) is 16.0 Å². The van der Waals surface area contributed by atoms with Crippen LogP contribution in [0.1, 0.15) is 61.6 Å². The molecule has 1 heterocycles. The molecule has 1 unspecified atom stereocenters. The van der Waals surface area contributed by atoms with E-state index in [1.54, 1.807) is 36.2 Å². The van der Waals surface area contributed by atoms with Crippen LogP contribution < -0.4 is 21.7 Å². The molecule has 42 heavy (non-hydrogen) atoms. The van der Waals surface area contributed by atoms with Gasteiger partial charge in [-0.1, -0.05) is 73.9 Å². The van der Waals surface area contributed by atoms with Crippen molar-refractivity contribution in [2.24, 2.45) is 23.5 Å². The topological polar surface area (TPSA) is 140 Å². The average Bonchev–Trinajstić information content (AvgIpc) is 3.02. The highest BCUT2D eigenvalue weighted by Gasteiger charge is 2.36. The van der Waals surface area contributed by atoms with Gasteiger partial charge in [-0.05, 0) is 68.2 Å². The Kier molecular flexibility index (Phi) is 11.5. The highest BCUT2D eigenvalue weighted by molar-refractivity contribution is 6.02. The molecule has 2 aliphatic rings. The van der Waals surface area contributed by atoms with Gasteiger partial charge in [0, 0.05) is 25.7 Å². The lowest BCUT2D eigenvalue weighted by molar-refractivity contribution is -0.143. The lowest BCUT2D eigenvalue weighted by Crippen LogP contribution is -2.55. The van der Waals surface area contributed by atoms with Gasteiger partial charge >= 0.3 is 0 Å². The number of hydrogen-bond acceptors (Lipinski definition) is 5. The second-order valence-corrected chi connectivity index (χ2v) is 11.9. The molecule has 0 spiro atoms. The summed E-state index contributed by atoms with van der Waals surface area (Å²) in [7, 11) is 1.71. The molecule has 0 radical (unpaired) electrons. The maximum atomic E-state index is 14.0. The van der Waals surface area contributed by atoms with E-state index >= 15 is 0 Å². The fourth-order valence-electron chi connectivity index (χ4n) is 6.11. The zero-order valence-electron chi connectivity index (χ0n) is 24.7. The Morgan fingerprint density at radius 2 is 1.60 bits per heavy atom. The number of nitrogens with one attached hydrogen (secondary N) is 4. The van der Waals surface area contributed by atoms with E-state index in [0.717, 1.165) is 69.2 Å². The van der Waals surface area contributed by atoms with Crippen molar-refractivity contribution in [1.82, 2.24) is 20.9 Å². The Labute approximate surface area is 249 Å². The highest BCUT2D eigenvalue weighted by Crippen LogP contribution is 2.27. The van der Waals surface area contributed by atoms with Gasteiger partial charge in [0.2, 0.25) is 17.7 Å². The van der Waals surface area contributed by atoms with E-state index in [9.17, 15) is 14.4 Å². The quantitative estimate of drug-likeness (QED) is 0.151. The molecule has 2 fully saturated rings. The second kappa shape index (κ2) is 15.5. The Morgan fingerprint density at radius 3 is 2.24 bits per heavy atom. The third kappa shape index (κ3) is 8.89. The van der Waals surface area contributed by atoms with E-state index in [4.69, 9.17) is 11.1 Å². The largest absolute Gasteiger partial charge is 0.384 e. The van der Waals surface area contributed by atoms with E-state index in [1.807, 2.05) is 30.3 Å². The number of amides is 3. The molecule has 2 aromatic rings. The molecular formula is C33H46N6O3. The molecule has 0 aromatic heterocycles. The molecule has 1 aliphatic carbocycles. The molecule has 4 rings (SSSR count). The highest BCUT2D eigenvalue weighted by atomic mass is 16.2. The Balaban J connectivity index is 1.53. The molecule has 2 aromatic carbocycles. The van der Waals surface area contributed by atoms with Crippen LogP contribution in [0.5, 0.6) is 0 Å². The Bertz CT molecular complexity index is 1190. The Hall–Kier alpha value is -3.72. The third-order valence-electron chi connectivity index (χ3n) is 8.68. The van der Waals surface area contributed by atoms with E-state index < -0.39 is 17.9 Å². The van der Waals surface area contributed by atoms with Crippen LogP contribution in [0.3, 0.4) is 0 Å². The summed E-state index contributed by atoms with van der Waals surface area (Å²) in [5.41, 5.74) is 7.95. The molecule has 9 heteroatoms. The van der Waals surface area contributed by atoms with Crippen LogP contribution in [-0.2, 0) is 27.3 Å². The minimum absolute atomic E-state index is 0.0414. The number of benzene rings is 2. The van der Waals surface area contributed by atoms with Gasteiger partial charge in [-0.15, -0.1) is 0 Å². The van der Waals surface area contributed by atoms with Crippen molar-refractivity contribution >= 4 is 23.6 Å². The van der Waals surface area contributed by atoms with Crippen LogP contribution in [0.25, 0.3) is 0 Å². The number of nitrogen functional groups attached to an aromatic ring is 1. The molecule has 9 nitrogen and oxygen atoms in total. The smallest absolute Gasteiger partial charge is 0.242 e. The molecule has 3 amide bonds. The first-order valence-corrected chi connectivity index (χ1v) is 15.3. The first-order valence-electron chi connectivity index (χ1n) is 15.3. The Morgan fingerprint density at radius 1 is 0.929 bits per heavy atom. The molecule has 226 valence electrons. The number of carbonyl (C=O) groups is 3. The van der Waals surface area contributed by atoms with Gasteiger partial charge in [0.1, 0.15) is 17.8 Å². The van der Waals surface area contributed by atoms with Crippen molar-refractivity contribution in [2.45, 2.75) is 64.0 Å². The molecule has 0 bridgehead atoms. The van der Waals surface area contributed by atoms with Crippen molar-refractivity contribution in [3.63, 3.8) is 0 Å². The van der Waals surface area contributed by atoms with Crippen LogP contribution in [-0.4, -0.2) is 61.2 Å². The minimum atomic E-state index is -1.01. The number of amidine groups is 1. The summed E-state index contributed by atoms with van der Waals surface area (Å²) in [6.45, 7) is 2.88. The summed E-state index contributed by atoms with van der Waals surface area (Å²) in [6.07, 6.45) is 7.18. The van der Waals surface area contributed by atoms with Crippen molar-refractivity contribution in [3.05, 3.63) is 71.3 Å². The maximum Gasteiger partial charge on any atom is 0.242 e. The van der Waals surface area contributed by atoms with Crippen molar-refractivity contribution < 1.29 is 14.4 Å². The van der Waals surface area contributed by atoms with Gasteiger partial charge in [0.05, 0.1) is 0 Å². The van der Waals surface area contributed by atoms with Gasteiger partial charge in [-0.25, -0.2) is 0 Å². The van der Waals surface area contributed by atoms with Gasteiger partial charge in [-0.2, -0.15) is 0 Å². The first kappa shape index (κ1) is 31.2. The predicted octanol–water partition coefficient (Wildman–Crippen LogP) is 2.97. The molecule has 6 N–H and O–H groups in total. The molecular weight excluding hydrogens is 528 g/mol. The summed E-state index contributed by atoms with van der Waals surface area (Å²) in [5.74, 6) is -1.46. The van der Waals surface area contributed by atoms with E-state index in [-0.39, 0.29) is 30.0 Å². The summed E-state index contributed by atoms with van der Waals surface area (Å²) in [4.78, 5) is 43.0. The summed E-state index contributed by atoms with van der Waals surface area (Å²) >= 11 is 0. The number of hydrogen-bond donors (Lipinski definition) is 5. The molecule has 1 saturated carbocycles. The zero-order chi connectivity index (χ0) is 29.9. The normalized spacial score (nSPS) is 17.5. The number of rotatable bonds is 12. The van der Waals surface area contributed by atoms with Gasteiger partial charge in [0.25, 0.3) is 0 Å². The van der Waals surface area contributed by atoms with Crippen LogP contribution >= 0.6 is 0 Å². The first-order chi connectivity index (χ1) is 20.3. The van der Waals surface area contributed by atoms with Crippen molar-refractivity contribution in [2.75, 3.05) is 26.7 Å². The number of piperidine rings is 1. The third-order valence-corrected chi connectivity index (χ3v) is 8.68. The maximum absolute atomic E-state index is 14.0. The monoisotopic (exact) mass is 574 g/mol. The van der Waals surface area contributed by atoms with Gasteiger partial charge in [-0.3, -0.25) is 19.8 Å². The van der Waals surface area contributed by atoms with Gasteiger partial charge in [0.15, 0.2) is 0 Å². The average molecular weight is 575 g/mol. The van der Waals surface area contributed by atoms with Gasteiger partial charge < -0.3 is 26.6 Å². The molecule has 1 aliphatic heterocycles.